The third-order valence-electron chi connectivity index (χ3n) is 2.33. The highest BCUT2D eigenvalue weighted by atomic mass is 32.2. The van der Waals surface area contributed by atoms with Crippen LogP contribution in [0.2, 0.25) is 0 Å². The Morgan fingerprint density at radius 1 is 1.44 bits per heavy atom. The molecule has 16 heavy (non-hydrogen) atoms. The topological polar surface area (TPSA) is 75.6 Å². The van der Waals surface area contributed by atoms with Gasteiger partial charge in [-0.05, 0) is 13.0 Å². The minimum Gasteiger partial charge on any atom is -0.396 e. The number of hydrogen-bond acceptors (Lipinski definition) is 5. The third kappa shape index (κ3) is 3.06. The number of nitrogens with one attached hydrogen (secondary N) is 1. The first-order valence-corrected chi connectivity index (χ1v) is 6.00. The molecule has 0 aromatic heterocycles. The van der Waals surface area contributed by atoms with E-state index in [4.69, 9.17) is 5.11 Å². The fraction of sp³-hybridized carbons (Fsp3) is 1.00. The number of aliphatic hydroxyl groups is 1. The second-order valence-electron chi connectivity index (χ2n) is 3.47. The number of piperidine rings is 1. The third-order valence-corrected chi connectivity index (χ3v) is 3.40. The average molecular weight is 263 g/mol. The SMILES string of the molecule is O=S(=O)(OC1CNCCC1CO)C(F)(F)F. The highest BCUT2D eigenvalue weighted by molar-refractivity contribution is 7.87. The van der Waals surface area contributed by atoms with Crippen molar-refractivity contribution in [1.29, 1.82) is 0 Å². The van der Waals surface area contributed by atoms with E-state index < -0.39 is 34.3 Å². The van der Waals surface area contributed by atoms with Crippen molar-refractivity contribution in [2.45, 2.75) is 18.0 Å². The maximum Gasteiger partial charge on any atom is 0.523 e. The smallest absolute Gasteiger partial charge is 0.396 e. The molecule has 0 aromatic carbocycles. The van der Waals surface area contributed by atoms with Gasteiger partial charge in [0.2, 0.25) is 0 Å². The van der Waals surface area contributed by atoms with Crippen molar-refractivity contribution in [2.24, 2.45) is 5.92 Å². The van der Waals surface area contributed by atoms with Gasteiger partial charge in [-0.3, -0.25) is 4.18 Å². The van der Waals surface area contributed by atoms with Crippen molar-refractivity contribution < 1.29 is 30.9 Å². The molecule has 0 spiro atoms. The van der Waals surface area contributed by atoms with E-state index in [-0.39, 0.29) is 6.54 Å². The molecule has 1 heterocycles. The fourth-order valence-corrected chi connectivity index (χ4v) is 2.08. The van der Waals surface area contributed by atoms with Crippen LogP contribution in [0.3, 0.4) is 0 Å². The molecule has 9 heteroatoms. The van der Waals surface area contributed by atoms with Crippen LogP contribution in [0, 0.1) is 5.92 Å². The van der Waals surface area contributed by atoms with Crippen molar-refractivity contribution in [1.82, 2.24) is 5.32 Å². The molecule has 0 aromatic rings. The van der Waals surface area contributed by atoms with E-state index in [0.717, 1.165) is 0 Å². The standard InChI is InChI=1S/C7H12F3NO4S/c8-7(9,10)16(13,14)15-6-3-11-2-1-5(6)4-12/h5-6,11-12H,1-4H2. The average Bonchev–Trinajstić information content (AvgIpc) is 2.16. The molecule has 1 saturated heterocycles. The molecule has 0 aliphatic carbocycles. The predicted octanol–water partition coefficient (Wildman–Crippen LogP) is -0.177. The zero-order chi connectivity index (χ0) is 12.4. The lowest BCUT2D eigenvalue weighted by Crippen LogP contribution is -2.46. The number of aliphatic hydroxyl groups excluding tert-OH is 1. The van der Waals surface area contributed by atoms with Gasteiger partial charge in [-0.15, -0.1) is 0 Å². The highest BCUT2D eigenvalue weighted by Crippen LogP contribution is 2.28. The van der Waals surface area contributed by atoms with Crippen LogP contribution >= 0.6 is 0 Å². The van der Waals surface area contributed by atoms with Crippen molar-refractivity contribution in [2.75, 3.05) is 19.7 Å². The van der Waals surface area contributed by atoms with E-state index >= 15 is 0 Å². The fourth-order valence-electron chi connectivity index (χ4n) is 1.42. The summed E-state index contributed by atoms with van der Waals surface area (Å²) < 4.78 is 61.6. The van der Waals surface area contributed by atoms with Gasteiger partial charge in [0.25, 0.3) is 0 Å². The zero-order valence-electron chi connectivity index (χ0n) is 8.20. The summed E-state index contributed by atoms with van der Waals surface area (Å²) in [6.45, 7) is 0.0808. The molecule has 96 valence electrons. The van der Waals surface area contributed by atoms with Gasteiger partial charge in [-0.25, -0.2) is 0 Å². The van der Waals surface area contributed by atoms with E-state index in [0.29, 0.717) is 13.0 Å². The highest BCUT2D eigenvalue weighted by Gasteiger charge is 2.49. The van der Waals surface area contributed by atoms with E-state index in [1.54, 1.807) is 0 Å². The molecule has 5 nitrogen and oxygen atoms in total. The van der Waals surface area contributed by atoms with Crippen LogP contribution in [0.1, 0.15) is 6.42 Å². The van der Waals surface area contributed by atoms with E-state index in [1.807, 2.05) is 0 Å². The van der Waals surface area contributed by atoms with Crippen LogP contribution in [0.4, 0.5) is 13.2 Å². The Morgan fingerprint density at radius 2 is 2.06 bits per heavy atom. The first-order chi connectivity index (χ1) is 7.28. The summed E-state index contributed by atoms with van der Waals surface area (Å²) in [5.41, 5.74) is -5.43. The Morgan fingerprint density at radius 3 is 2.56 bits per heavy atom. The Kier molecular flexibility index (Phi) is 4.16. The van der Waals surface area contributed by atoms with Crippen LogP contribution in [-0.2, 0) is 14.3 Å². The zero-order valence-corrected chi connectivity index (χ0v) is 9.01. The molecule has 0 bridgehead atoms. The van der Waals surface area contributed by atoms with Gasteiger partial charge in [0, 0.05) is 19.1 Å². The number of hydrogen-bond donors (Lipinski definition) is 2. The van der Waals surface area contributed by atoms with Gasteiger partial charge >= 0.3 is 15.6 Å². The first kappa shape index (κ1) is 13.7. The summed E-state index contributed by atoms with van der Waals surface area (Å²) in [4.78, 5) is 0. The molecule has 2 atom stereocenters. The molecule has 1 aliphatic rings. The minimum atomic E-state index is -5.59. The largest absolute Gasteiger partial charge is 0.523 e. The summed E-state index contributed by atoms with van der Waals surface area (Å²) in [5, 5.41) is 11.6. The van der Waals surface area contributed by atoms with E-state index in [9.17, 15) is 21.6 Å². The van der Waals surface area contributed by atoms with E-state index in [1.165, 1.54) is 0 Å². The molecule has 0 radical (unpaired) electrons. The Labute approximate surface area is 90.7 Å². The molecule has 1 rings (SSSR count). The van der Waals surface area contributed by atoms with Crippen LogP contribution in [0.15, 0.2) is 0 Å². The van der Waals surface area contributed by atoms with Crippen molar-refractivity contribution in [3.63, 3.8) is 0 Å². The van der Waals surface area contributed by atoms with Gasteiger partial charge in [-0.1, -0.05) is 0 Å². The maximum atomic E-state index is 12.0. The second-order valence-corrected chi connectivity index (χ2v) is 5.03. The number of rotatable bonds is 3. The van der Waals surface area contributed by atoms with Crippen molar-refractivity contribution >= 4 is 10.1 Å². The summed E-state index contributed by atoms with van der Waals surface area (Å²) in [6, 6.07) is 0. The van der Waals surface area contributed by atoms with Crippen molar-refractivity contribution in [3.8, 4) is 0 Å². The lowest BCUT2D eigenvalue weighted by molar-refractivity contribution is -0.0617. The maximum absolute atomic E-state index is 12.0. The van der Waals surface area contributed by atoms with Crippen LogP contribution < -0.4 is 5.32 Å². The normalized spacial score (nSPS) is 28.0. The van der Waals surface area contributed by atoms with E-state index in [2.05, 4.69) is 9.50 Å². The quantitative estimate of drug-likeness (QED) is 0.546. The van der Waals surface area contributed by atoms with Crippen LogP contribution in [0.5, 0.6) is 0 Å². The first-order valence-electron chi connectivity index (χ1n) is 4.59. The Hall–Kier alpha value is -0.380. The number of halogens is 3. The van der Waals surface area contributed by atoms with Crippen LogP contribution in [-0.4, -0.2) is 44.8 Å². The minimum absolute atomic E-state index is 0.0272. The van der Waals surface area contributed by atoms with Crippen LogP contribution in [0.25, 0.3) is 0 Å². The summed E-state index contributed by atoms with van der Waals surface area (Å²) in [5.74, 6) is -0.599. The monoisotopic (exact) mass is 263 g/mol. The molecule has 0 amide bonds. The van der Waals surface area contributed by atoms with Gasteiger partial charge in [0.15, 0.2) is 0 Å². The van der Waals surface area contributed by atoms with Gasteiger partial charge in [0.05, 0.1) is 6.10 Å². The molecule has 2 unspecified atom stereocenters. The lowest BCUT2D eigenvalue weighted by atomic mass is 9.96. The summed E-state index contributed by atoms with van der Waals surface area (Å²) in [6.07, 6.45) is -0.806. The molecule has 1 fully saturated rings. The Bertz CT molecular complexity index is 329. The van der Waals surface area contributed by atoms with Gasteiger partial charge in [0.1, 0.15) is 0 Å². The summed E-state index contributed by atoms with van der Waals surface area (Å²) >= 11 is 0. The van der Waals surface area contributed by atoms with Gasteiger partial charge in [-0.2, -0.15) is 21.6 Å². The molecular weight excluding hydrogens is 251 g/mol. The second kappa shape index (κ2) is 4.86. The van der Waals surface area contributed by atoms with Gasteiger partial charge < -0.3 is 10.4 Å². The Balaban J connectivity index is 2.72. The lowest BCUT2D eigenvalue weighted by Gasteiger charge is -2.30. The summed E-state index contributed by atoms with van der Waals surface area (Å²) in [7, 11) is -5.59. The number of alkyl halides is 3. The molecular formula is C7H12F3NO4S. The molecule has 2 N–H and O–H groups in total. The van der Waals surface area contributed by atoms with Crippen molar-refractivity contribution in [3.05, 3.63) is 0 Å². The predicted molar refractivity (Wildman–Crippen MR) is 47.9 cm³/mol. The molecule has 1 aliphatic heterocycles. The molecule has 0 saturated carbocycles.